The van der Waals surface area contributed by atoms with Crippen molar-refractivity contribution in [2.75, 3.05) is 7.11 Å². The van der Waals surface area contributed by atoms with Crippen LogP contribution in [-0.2, 0) is 6.04 Å². The SMILES string of the molecule is COc1ccc(-c2nc(-c3ccccc3)c(C[Si](C)(C)C)s2)cc1. The number of hydrogen-bond donors (Lipinski definition) is 0. The molecule has 0 N–H and O–H groups in total. The summed E-state index contributed by atoms with van der Waals surface area (Å²) in [6.45, 7) is 7.23. The Kier molecular flexibility index (Phi) is 4.87. The van der Waals surface area contributed by atoms with Crippen molar-refractivity contribution in [3.8, 4) is 27.6 Å². The maximum Gasteiger partial charge on any atom is 0.124 e. The molecule has 1 aromatic heterocycles. The van der Waals surface area contributed by atoms with E-state index in [4.69, 9.17) is 9.72 Å². The fourth-order valence-electron chi connectivity index (χ4n) is 2.63. The summed E-state index contributed by atoms with van der Waals surface area (Å²) < 4.78 is 5.26. The van der Waals surface area contributed by atoms with E-state index in [1.807, 2.05) is 23.5 Å². The molecule has 0 amide bonds. The molecular weight excluding hydrogens is 330 g/mol. The molecule has 0 atom stereocenters. The van der Waals surface area contributed by atoms with Crippen molar-refractivity contribution < 1.29 is 4.74 Å². The first kappa shape index (κ1) is 16.9. The van der Waals surface area contributed by atoms with E-state index in [-0.39, 0.29) is 0 Å². The highest BCUT2D eigenvalue weighted by Gasteiger charge is 2.21. The molecule has 2 nitrogen and oxygen atoms in total. The molecule has 0 saturated heterocycles. The largest absolute Gasteiger partial charge is 0.497 e. The highest BCUT2D eigenvalue weighted by molar-refractivity contribution is 7.16. The summed E-state index contributed by atoms with van der Waals surface area (Å²) in [5.41, 5.74) is 3.51. The topological polar surface area (TPSA) is 22.1 Å². The lowest BCUT2D eigenvalue weighted by Gasteiger charge is -2.15. The van der Waals surface area contributed by atoms with E-state index in [0.717, 1.165) is 28.1 Å². The van der Waals surface area contributed by atoms with Gasteiger partial charge < -0.3 is 4.74 Å². The third-order valence-corrected chi connectivity index (χ3v) is 6.55. The second kappa shape index (κ2) is 6.91. The van der Waals surface area contributed by atoms with Crippen LogP contribution in [0.5, 0.6) is 5.75 Å². The monoisotopic (exact) mass is 353 g/mol. The van der Waals surface area contributed by atoms with Crippen LogP contribution in [-0.4, -0.2) is 20.2 Å². The lowest BCUT2D eigenvalue weighted by Crippen LogP contribution is -2.23. The van der Waals surface area contributed by atoms with Crippen LogP contribution in [0, 0.1) is 0 Å². The Morgan fingerprint density at radius 1 is 0.917 bits per heavy atom. The summed E-state index contributed by atoms with van der Waals surface area (Å²) in [5, 5.41) is 1.09. The van der Waals surface area contributed by atoms with Crippen LogP contribution < -0.4 is 4.74 Å². The van der Waals surface area contributed by atoms with Gasteiger partial charge in [0.25, 0.3) is 0 Å². The van der Waals surface area contributed by atoms with Crippen molar-refractivity contribution >= 4 is 19.4 Å². The molecule has 4 heteroatoms. The highest BCUT2D eigenvalue weighted by Crippen LogP contribution is 2.36. The number of aromatic nitrogens is 1. The van der Waals surface area contributed by atoms with Crippen LogP contribution in [0.4, 0.5) is 0 Å². The summed E-state index contributed by atoms with van der Waals surface area (Å²) in [6, 6.07) is 19.9. The first-order valence-electron chi connectivity index (χ1n) is 8.16. The normalized spacial score (nSPS) is 11.5. The molecule has 2 aromatic carbocycles. The van der Waals surface area contributed by atoms with Gasteiger partial charge in [-0.3, -0.25) is 0 Å². The zero-order valence-corrected chi connectivity index (χ0v) is 16.5. The first-order chi connectivity index (χ1) is 11.5. The van der Waals surface area contributed by atoms with Crippen LogP contribution in [0.15, 0.2) is 54.6 Å². The van der Waals surface area contributed by atoms with Gasteiger partial charge in [0.05, 0.1) is 12.8 Å². The summed E-state index contributed by atoms with van der Waals surface area (Å²) in [5.74, 6) is 0.876. The predicted molar refractivity (Wildman–Crippen MR) is 107 cm³/mol. The summed E-state index contributed by atoms with van der Waals surface area (Å²) in [6.07, 6.45) is 0. The zero-order chi connectivity index (χ0) is 17.2. The number of hydrogen-bond acceptors (Lipinski definition) is 3. The van der Waals surface area contributed by atoms with Gasteiger partial charge in [0, 0.05) is 24.1 Å². The number of methoxy groups -OCH3 is 1. The number of ether oxygens (including phenoxy) is 1. The molecule has 0 bridgehead atoms. The average Bonchev–Trinajstić information content (AvgIpc) is 2.97. The van der Waals surface area contributed by atoms with E-state index in [0.29, 0.717) is 0 Å². The second-order valence-corrected chi connectivity index (χ2v) is 13.7. The fourth-order valence-corrected chi connectivity index (χ4v) is 6.23. The smallest absolute Gasteiger partial charge is 0.124 e. The van der Waals surface area contributed by atoms with Gasteiger partial charge in [-0.1, -0.05) is 50.0 Å². The van der Waals surface area contributed by atoms with Gasteiger partial charge in [-0.05, 0) is 30.3 Å². The fraction of sp³-hybridized carbons (Fsp3) is 0.250. The van der Waals surface area contributed by atoms with Gasteiger partial charge in [0.1, 0.15) is 10.8 Å². The van der Waals surface area contributed by atoms with E-state index in [2.05, 4.69) is 62.1 Å². The minimum atomic E-state index is -1.21. The lowest BCUT2D eigenvalue weighted by atomic mass is 10.1. The summed E-state index contributed by atoms with van der Waals surface area (Å²) >= 11 is 1.83. The Bertz CT molecular complexity index is 804. The van der Waals surface area contributed by atoms with Gasteiger partial charge in [0.15, 0.2) is 0 Å². The maximum atomic E-state index is 5.26. The number of rotatable bonds is 5. The first-order valence-corrected chi connectivity index (χ1v) is 12.7. The molecule has 24 heavy (non-hydrogen) atoms. The Morgan fingerprint density at radius 2 is 1.58 bits per heavy atom. The average molecular weight is 354 g/mol. The van der Waals surface area contributed by atoms with Crippen molar-refractivity contribution in [1.29, 1.82) is 0 Å². The molecule has 0 radical (unpaired) electrons. The molecule has 0 aliphatic heterocycles. The third kappa shape index (κ3) is 3.94. The minimum Gasteiger partial charge on any atom is -0.497 e. The van der Waals surface area contributed by atoms with Crippen LogP contribution in [0.3, 0.4) is 0 Å². The van der Waals surface area contributed by atoms with Gasteiger partial charge in [-0.15, -0.1) is 11.3 Å². The van der Waals surface area contributed by atoms with Crippen LogP contribution in [0.2, 0.25) is 19.6 Å². The number of benzene rings is 2. The second-order valence-electron chi connectivity index (χ2n) is 7.12. The lowest BCUT2D eigenvalue weighted by molar-refractivity contribution is 0.415. The van der Waals surface area contributed by atoms with E-state index >= 15 is 0 Å². The molecule has 0 spiro atoms. The zero-order valence-electron chi connectivity index (χ0n) is 14.7. The van der Waals surface area contributed by atoms with Crippen LogP contribution in [0.25, 0.3) is 21.8 Å². The summed E-state index contributed by atoms with van der Waals surface area (Å²) in [7, 11) is 0.478. The Balaban J connectivity index is 2.05. The Labute approximate surface area is 149 Å². The third-order valence-electron chi connectivity index (χ3n) is 3.77. The van der Waals surface area contributed by atoms with Gasteiger partial charge in [-0.25, -0.2) is 4.98 Å². The molecule has 0 fully saturated rings. The molecule has 0 saturated carbocycles. The molecule has 0 aliphatic rings. The van der Waals surface area contributed by atoms with Gasteiger partial charge in [0.2, 0.25) is 0 Å². The molecule has 3 aromatic rings. The molecule has 3 rings (SSSR count). The van der Waals surface area contributed by atoms with Gasteiger partial charge >= 0.3 is 0 Å². The number of nitrogens with zero attached hydrogens (tertiary/aromatic N) is 1. The van der Waals surface area contributed by atoms with Crippen molar-refractivity contribution in [2.24, 2.45) is 0 Å². The van der Waals surface area contributed by atoms with E-state index < -0.39 is 8.07 Å². The maximum absolute atomic E-state index is 5.26. The minimum absolute atomic E-state index is 0.876. The van der Waals surface area contributed by atoms with E-state index in [1.54, 1.807) is 7.11 Å². The molecule has 0 unspecified atom stereocenters. The highest BCUT2D eigenvalue weighted by atomic mass is 32.1. The van der Waals surface area contributed by atoms with Crippen molar-refractivity contribution in [1.82, 2.24) is 4.98 Å². The van der Waals surface area contributed by atoms with Crippen molar-refractivity contribution in [2.45, 2.75) is 25.7 Å². The Morgan fingerprint density at radius 3 is 2.17 bits per heavy atom. The van der Waals surface area contributed by atoms with Crippen LogP contribution >= 0.6 is 11.3 Å². The van der Waals surface area contributed by atoms with Gasteiger partial charge in [-0.2, -0.15) is 0 Å². The summed E-state index contributed by atoms with van der Waals surface area (Å²) in [4.78, 5) is 6.40. The van der Waals surface area contributed by atoms with Crippen molar-refractivity contribution in [3.63, 3.8) is 0 Å². The standard InChI is InChI=1S/C20H23NOSSi/c1-22-17-12-10-16(11-13-17)20-21-19(15-8-6-5-7-9-15)18(23-20)14-24(2,3)4/h5-13H,14H2,1-4H3. The van der Waals surface area contributed by atoms with E-state index in [9.17, 15) is 0 Å². The molecule has 1 heterocycles. The van der Waals surface area contributed by atoms with Crippen molar-refractivity contribution in [3.05, 3.63) is 59.5 Å². The predicted octanol–water partition coefficient (Wildman–Crippen LogP) is 5.91. The number of thiazole rings is 1. The molecule has 124 valence electrons. The molecular formula is C20H23NOSSi. The Hall–Kier alpha value is -1.91. The van der Waals surface area contributed by atoms with E-state index in [1.165, 1.54) is 10.4 Å². The molecule has 0 aliphatic carbocycles. The van der Waals surface area contributed by atoms with Crippen LogP contribution in [0.1, 0.15) is 4.88 Å². The quantitative estimate of drug-likeness (QED) is 0.532.